The maximum atomic E-state index is 13.3. The van der Waals surface area contributed by atoms with Gasteiger partial charge in [-0.25, -0.2) is 4.39 Å². The van der Waals surface area contributed by atoms with Crippen LogP contribution in [0.4, 0.5) is 4.39 Å². The lowest BCUT2D eigenvalue weighted by Gasteiger charge is -2.38. The van der Waals surface area contributed by atoms with Crippen molar-refractivity contribution in [1.29, 1.82) is 0 Å². The molecule has 1 aromatic carbocycles. The van der Waals surface area contributed by atoms with Crippen LogP contribution in [-0.4, -0.2) is 70.5 Å². The van der Waals surface area contributed by atoms with Gasteiger partial charge in [-0.1, -0.05) is 19.1 Å². The smallest absolute Gasteiger partial charge is 0.191 e. The summed E-state index contributed by atoms with van der Waals surface area (Å²) in [6.45, 7) is 8.46. The van der Waals surface area contributed by atoms with Gasteiger partial charge in [-0.15, -0.1) is 24.0 Å². The Morgan fingerprint density at radius 1 is 1.19 bits per heavy atom. The molecule has 6 nitrogen and oxygen atoms in total. The van der Waals surface area contributed by atoms with Crippen molar-refractivity contribution in [2.24, 2.45) is 10.4 Å². The lowest BCUT2D eigenvalue weighted by Crippen LogP contribution is -2.52. The summed E-state index contributed by atoms with van der Waals surface area (Å²) in [5.74, 6) is 0.564. The standard InChI is InChI=1S/C19H29FN4O2.HI/c1-19(13-26-14-19)12-23-18(21-2)22-11-17(24-7-9-25-10-8-24)15-3-5-16(20)6-4-15;/h3-6,17H,7-14H2,1-2H3,(H2,21,22,23);1H. The lowest BCUT2D eigenvalue weighted by molar-refractivity contribution is -0.0971. The molecule has 0 saturated carbocycles. The van der Waals surface area contributed by atoms with Gasteiger partial charge < -0.3 is 20.1 Å². The van der Waals surface area contributed by atoms with Crippen LogP contribution in [0.25, 0.3) is 0 Å². The molecule has 2 heterocycles. The average molecular weight is 492 g/mol. The third kappa shape index (κ3) is 6.27. The van der Waals surface area contributed by atoms with Crippen LogP contribution in [0.5, 0.6) is 0 Å². The van der Waals surface area contributed by atoms with Crippen molar-refractivity contribution < 1.29 is 13.9 Å². The molecule has 0 radical (unpaired) electrons. The number of nitrogens with zero attached hydrogens (tertiary/aromatic N) is 2. The molecule has 2 aliphatic rings. The van der Waals surface area contributed by atoms with Crippen molar-refractivity contribution in [3.05, 3.63) is 35.6 Å². The highest BCUT2D eigenvalue weighted by molar-refractivity contribution is 14.0. The van der Waals surface area contributed by atoms with E-state index in [2.05, 4.69) is 27.4 Å². The molecule has 2 saturated heterocycles. The number of halogens is 2. The van der Waals surface area contributed by atoms with Gasteiger partial charge >= 0.3 is 0 Å². The van der Waals surface area contributed by atoms with Crippen LogP contribution >= 0.6 is 24.0 Å². The van der Waals surface area contributed by atoms with E-state index in [1.165, 1.54) is 12.1 Å². The van der Waals surface area contributed by atoms with E-state index in [4.69, 9.17) is 9.47 Å². The molecule has 0 spiro atoms. The molecular formula is C19H30FIN4O2. The minimum absolute atomic E-state index is 0. The molecule has 2 fully saturated rings. The normalized spacial score (nSPS) is 20.9. The van der Waals surface area contributed by atoms with Crippen LogP contribution in [0.2, 0.25) is 0 Å². The number of hydrogen-bond acceptors (Lipinski definition) is 4. The zero-order valence-electron chi connectivity index (χ0n) is 16.0. The maximum Gasteiger partial charge on any atom is 0.191 e. The van der Waals surface area contributed by atoms with E-state index in [9.17, 15) is 4.39 Å². The number of benzene rings is 1. The summed E-state index contributed by atoms with van der Waals surface area (Å²) in [4.78, 5) is 6.70. The van der Waals surface area contributed by atoms with Crippen molar-refractivity contribution in [2.75, 3.05) is 59.7 Å². The fourth-order valence-electron chi connectivity index (χ4n) is 3.30. The van der Waals surface area contributed by atoms with Gasteiger partial charge in [-0.05, 0) is 17.7 Å². The van der Waals surface area contributed by atoms with E-state index in [-0.39, 0.29) is 41.3 Å². The topological polar surface area (TPSA) is 58.1 Å². The summed E-state index contributed by atoms with van der Waals surface area (Å²) in [6.07, 6.45) is 0. The fraction of sp³-hybridized carbons (Fsp3) is 0.632. The van der Waals surface area contributed by atoms with Gasteiger partial charge in [0.15, 0.2) is 5.96 Å². The Bertz CT molecular complexity index is 604. The molecule has 0 aromatic heterocycles. The van der Waals surface area contributed by atoms with Gasteiger partial charge in [-0.2, -0.15) is 0 Å². The number of morpholine rings is 1. The highest BCUT2D eigenvalue weighted by Crippen LogP contribution is 2.25. The van der Waals surface area contributed by atoms with Crippen molar-refractivity contribution in [3.8, 4) is 0 Å². The molecule has 152 valence electrons. The summed E-state index contributed by atoms with van der Waals surface area (Å²) in [7, 11) is 1.77. The molecule has 2 N–H and O–H groups in total. The lowest BCUT2D eigenvalue weighted by atomic mass is 9.89. The molecule has 0 bridgehead atoms. The summed E-state index contributed by atoms with van der Waals surface area (Å²) in [6, 6.07) is 6.90. The third-order valence-electron chi connectivity index (χ3n) is 5.01. The second kappa shape index (κ2) is 10.5. The van der Waals surface area contributed by atoms with Gasteiger partial charge in [0, 0.05) is 38.6 Å². The molecular weight excluding hydrogens is 462 g/mol. The third-order valence-corrected chi connectivity index (χ3v) is 5.01. The second-order valence-corrected chi connectivity index (χ2v) is 7.33. The van der Waals surface area contributed by atoms with E-state index >= 15 is 0 Å². The Morgan fingerprint density at radius 2 is 1.85 bits per heavy atom. The van der Waals surface area contributed by atoms with Crippen LogP contribution in [0, 0.1) is 11.2 Å². The molecule has 8 heteroatoms. The molecule has 1 unspecified atom stereocenters. The Kier molecular flexibility index (Phi) is 8.71. The molecule has 1 atom stereocenters. The predicted molar refractivity (Wildman–Crippen MR) is 115 cm³/mol. The minimum atomic E-state index is -0.212. The molecule has 2 aliphatic heterocycles. The van der Waals surface area contributed by atoms with Gasteiger partial charge in [0.05, 0.1) is 32.5 Å². The van der Waals surface area contributed by atoms with Crippen molar-refractivity contribution >= 4 is 29.9 Å². The maximum absolute atomic E-state index is 13.3. The largest absolute Gasteiger partial charge is 0.380 e. The van der Waals surface area contributed by atoms with E-state index in [0.29, 0.717) is 6.54 Å². The predicted octanol–water partition coefficient (Wildman–Crippen LogP) is 2.02. The van der Waals surface area contributed by atoms with E-state index in [0.717, 1.165) is 57.6 Å². The van der Waals surface area contributed by atoms with Gasteiger partial charge in [-0.3, -0.25) is 9.89 Å². The first-order valence-electron chi connectivity index (χ1n) is 9.19. The van der Waals surface area contributed by atoms with Crippen LogP contribution < -0.4 is 10.6 Å². The molecule has 27 heavy (non-hydrogen) atoms. The number of ether oxygens (including phenoxy) is 2. The van der Waals surface area contributed by atoms with Crippen molar-refractivity contribution in [2.45, 2.75) is 13.0 Å². The first kappa shape index (κ1) is 22.3. The Morgan fingerprint density at radius 3 is 2.41 bits per heavy atom. The van der Waals surface area contributed by atoms with E-state index in [1.54, 1.807) is 7.05 Å². The summed E-state index contributed by atoms with van der Waals surface area (Å²) < 4.78 is 24.1. The van der Waals surface area contributed by atoms with Crippen molar-refractivity contribution in [3.63, 3.8) is 0 Å². The Labute approximate surface area is 177 Å². The van der Waals surface area contributed by atoms with Crippen molar-refractivity contribution in [1.82, 2.24) is 15.5 Å². The van der Waals surface area contributed by atoms with E-state index in [1.807, 2.05) is 12.1 Å². The molecule has 3 rings (SSSR count). The zero-order valence-corrected chi connectivity index (χ0v) is 18.4. The summed E-state index contributed by atoms with van der Waals surface area (Å²) >= 11 is 0. The number of nitrogens with one attached hydrogen (secondary N) is 2. The summed E-state index contributed by atoms with van der Waals surface area (Å²) in [5, 5.41) is 6.81. The number of rotatable bonds is 6. The monoisotopic (exact) mass is 492 g/mol. The van der Waals surface area contributed by atoms with Gasteiger partial charge in [0.25, 0.3) is 0 Å². The van der Waals surface area contributed by atoms with Crippen LogP contribution in [0.15, 0.2) is 29.3 Å². The van der Waals surface area contributed by atoms with Gasteiger partial charge in [0.2, 0.25) is 0 Å². The first-order valence-corrected chi connectivity index (χ1v) is 9.19. The second-order valence-electron chi connectivity index (χ2n) is 7.33. The fourth-order valence-corrected chi connectivity index (χ4v) is 3.30. The minimum Gasteiger partial charge on any atom is -0.380 e. The Balaban J connectivity index is 0.00000261. The van der Waals surface area contributed by atoms with E-state index < -0.39 is 0 Å². The highest BCUT2D eigenvalue weighted by Gasteiger charge is 2.33. The number of hydrogen-bond donors (Lipinski definition) is 2. The van der Waals surface area contributed by atoms with Crippen LogP contribution in [0.1, 0.15) is 18.5 Å². The molecule has 1 aromatic rings. The van der Waals surface area contributed by atoms with Crippen LogP contribution in [-0.2, 0) is 9.47 Å². The quantitative estimate of drug-likeness (QED) is 0.362. The highest BCUT2D eigenvalue weighted by atomic mass is 127. The number of guanidine groups is 1. The average Bonchev–Trinajstić information content (AvgIpc) is 2.65. The van der Waals surface area contributed by atoms with Gasteiger partial charge in [0.1, 0.15) is 5.82 Å². The molecule has 0 amide bonds. The number of aliphatic imine (C=N–C) groups is 1. The van der Waals surface area contributed by atoms with Crippen LogP contribution in [0.3, 0.4) is 0 Å². The molecule has 0 aliphatic carbocycles. The first-order chi connectivity index (χ1) is 12.6. The SMILES string of the molecule is CN=C(NCC(c1ccc(F)cc1)N1CCOCC1)NCC1(C)COC1.I. The summed E-state index contributed by atoms with van der Waals surface area (Å²) in [5.41, 5.74) is 1.27. The Hall–Kier alpha value is -0.970. The zero-order chi connectivity index (χ0) is 18.4.